The summed E-state index contributed by atoms with van der Waals surface area (Å²) < 4.78 is 9.31. The van der Waals surface area contributed by atoms with Crippen LogP contribution in [0, 0.1) is 5.92 Å². The SMILES string of the molecule is C=COC(C)=O.C=COCC(CC)CCCC. The first-order chi connectivity index (χ1) is 8.12. The van der Waals surface area contributed by atoms with Crippen molar-refractivity contribution in [3.05, 3.63) is 25.7 Å². The first-order valence-corrected chi connectivity index (χ1v) is 6.12. The molecule has 3 heteroatoms. The Kier molecular flexibility index (Phi) is 15.7. The summed E-state index contributed by atoms with van der Waals surface area (Å²) >= 11 is 0. The van der Waals surface area contributed by atoms with Crippen molar-refractivity contribution in [2.75, 3.05) is 6.61 Å². The number of hydrogen-bond acceptors (Lipinski definition) is 3. The number of unbranched alkanes of at least 4 members (excludes halogenated alkanes) is 1. The molecule has 0 aromatic rings. The lowest BCUT2D eigenvalue weighted by atomic mass is 10.0. The van der Waals surface area contributed by atoms with Crippen LogP contribution in [-0.4, -0.2) is 12.6 Å². The zero-order valence-electron chi connectivity index (χ0n) is 11.4. The standard InChI is InChI=1S/C10H20O.C4H6O2/c1-4-7-8-10(5-2)9-11-6-3;1-3-6-4(2)5/h6,10H,3-5,7-9H2,1-2H3;3H,1H2,2H3. The summed E-state index contributed by atoms with van der Waals surface area (Å²) in [6, 6.07) is 0. The van der Waals surface area contributed by atoms with Crippen LogP contribution in [-0.2, 0) is 14.3 Å². The van der Waals surface area contributed by atoms with Gasteiger partial charge in [0.2, 0.25) is 0 Å². The fourth-order valence-corrected chi connectivity index (χ4v) is 1.22. The first-order valence-electron chi connectivity index (χ1n) is 6.12. The highest BCUT2D eigenvalue weighted by molar-refractivity contribution is 5.66. The molecule has 1 atom stereocenters. The molecule has 0 bridgehead atoms. The third kappa shape index (κ3) is 17.4. The van der Waals surface area contributed by atoms with Gasteiger partial charge in [0.15, 0.2) is 0 Å². The van der Waals surface area contributed by atoms with Crippen LogP contribution < -0.4 is 0 Å². The fourth-order valence-electron chi connectivity index (χ4n) is 1.22. The molecule has 0 N–H and O–H groups in total. The topological polar surface area (TPSA) is 35.5 Å². The Bertz CT molecular complexity index is 200. The van der Waals surface area contributed by atoms with Crippen LogP contribution in [0.2, 0.25) is 0 Å². The van der Waals surface area contributed by atoms with E-state index in [2.05, 4.69) is 31.7 Å². The van der Waals surface area contributed by atoms with E-state index in [0.717, 1.165) is 18.8 Å². The van der Waals surface area contributed by atoms with Crippen molar-refractivity contribution in [2.24, 2.45) is 5.92 Å². The van der Waals surface area contributed by atoms with E-state index in [9.17, 15) is 4.79 Å². The van der Waals surface area contributed by atoms with Gasteiger partial charge in [-0.25, -0.2) is 0 Å². The van der Waals surface area contributed by atoms with Crippen molar-refractivity contribution < 1.29 is 14.3 Å². The molecule has 0 heterocycles. The van der Waals surface area contributed by atoms with Crippen molar-refractivity contribution in [3.8, 4) is 0 Å². The van der Waals surface area contributed by atoms with Gasteiger partial charge >= 0.3 is 5.97 Å². The molecule has 0 rings (SSSR count). The van der Waals surface area contributed by atoms with Crippen molar-refractivity contribution in [1.29, 1.82) is 0 Å². The van der Waals surface area contributed by atoms with Crippen LogP contribution in [0.15, 0.2) is 25.7 Å². The van der Waals surface area contributed by atoms with Gasteiger partial charge in [0.05, 0.1) is 19.1 Å². The van der Waals surface area contributed by atoms with Gasteiger partial charge in [-0.1, -0.05) is 46.3 Å². The molecule has 0 spiro atoms. The predicted octanol–water partition coefficient (Wildman–Crippen LogP) is 4.06. The largest absolute Gasteiger partial charge is 0.502 e. The number of esters is 1. The van der Waals surface area contributed by atoms with Crippen LogP contribution >= 0.6 is 0 Å². The summed E-state index contributed by atoms with van der Waals surface area (Å²) in [5.41, 5.74) is 0. The summed E-state index contributed by atoms with van der Waals surface area (Å²) in [5, 5.41) is 0. The first kappa shape index (κ1) is 18.1. The highest BCUT2D eigenvalue weighted by atomic mass is 16.5. The lowest BCUT2D eigenvalue weighted by Crippen LogP contribution is -2.05. The highest BCUT2D eigenvalue weighted by Gasteiger charge is 2.04. The van der Waals surface area contributed by atoms with E-state index in [1.165, 1.54) is 38.9 Å². The Morgan fingerprint density at radius 2 is 1.94 bits per heavy atom. The number of carbonyl (C=O) groups is 1. The summed E-state index contributed by atoms with van der Waals surface area (Å²) in [6.07, 6.45) is 7.75. The Labute approximate surface area is 105 Å². The van der Waals surface area contributed by atoms with Crippen LogP contribution in [0.5, 0.6) is 0 Å². The molecular formula is C14H26O3. The molecule has 1 unspecified atom stereocenters. The minimum atomic E-state index is -0.329. The average molecular weight is 242 g/mol. The highest BCUT2D eigenvalue weighted by Crippen LogP contribution is 2.12. The van der Waals surface area contributed by atoms with Gasteiger partial charge in [-0.15, -0.1) is 0 Å². The molecule has 0 aromatic heterocycles. The Hall–Kier alpha value is -1.25. The van der Waals surface area contributed by atoms with Crippen LogP contribution in [0.4, 0.5) is 0 Å². The van der Waals surface area contributed by atoms with Gasteiger partial charge in [0, 0.05) is 6.92 Å². The van der Waals surface area contributed by atoms with Gasteiger partial charge in [-0.2, -0.15) is 0 Å². The van der Waals surface area contributed by atoms with E-state index in [0.29, 0.717) is 0 Å². The second-order valence-electron chi connectivity index (χ2n) is 3.69. The normalized spacial score (nSPS) is 10.5. The minimum Gasteiger partial charge on any atom is -0.502 e. The van der Waals surface area contributed by atoms with Crippen LogP contribution in [0.25, 0.3) is 0 Å². The number of carbonyl (C=O) groups excluding carboxylic acids is 1. The third-order valence-corrected chi connectivity index (χ3v) is 2.24. The third-order valence-electron chi connectivity index (χ3n) is 2.24. The molecular weight excluding hydrogens is 216 g/mol. The lowest BCUT2D eigenvalue weighted by molar-refractivity contribution is -0.135. The number of rotatable bonds is 8. The van der Waals surface area contributed by atoms with Crippen molar-refractivity contribution in [3.63, 3.8) is 0 Å². The monoisotopic (exact) mass is 242 g/mol. The van der Waals surface area contributed by atoms with Crippen molar-refractivity contribution in [1.82, 2.24) is 0 Å². The summed E-state index contributed by atoms with van der Waals surface area (Å²) in [5.74, 6) is 0.401. The maximum absolute atomic E-state index is 9.75. The zero-order chi connectivity index (χ0) is 13.5. The molecule has 17 heavy (non-hydrogen) atoms. The van der Waals surface area contributed by atoms with E-state index >= 15 is 0 Å². The molecule has 0 amide bonds. The molecule has 100 valence electrons. The molecule has 0 saturated heterocycles. The fraction of sp³-hybridized carbons (Fsp3) is 0.643. The van der Waals surface area contributed by atoms with Gasteiger partial charge in [-0.05, 0) is 12.3 Å². The predicted molar refractivity (Wildman–Crippen MR) is 71.4 cm³/mol. The number of ether oxygens (including phenoxy) is 2. The van der Waals surface area contributed by atoms with Gasteiger partial charge in [0.25, 0.3) is 0 Å². The Balaban J connectivity index is 0. The van der Waals surface area contributed by atoms with E-state index in [4.69, 9.17) is 4.74 Å². The zero-order valence-corrected chi connectivity index (χ0v) is 11.4. The van der Waals surface area contributed by atoms with E-state index in [1.807, 2.05) is 0 Å². The smallest absolute Gasteiger partial charge is 0.307 e. The quantitative estimate of drug-likeness (QED) is 0.475. The summed E-state index contributed by atoms with van der Waals surface area (Å²) in [7, 11) is 0. The van der Waals surface area contributed by atoms with Crippen molar-refractivity contribution >= 4 is 5.97 Å². The maximum atomic E-state index is 9.75. The lowest BCUT2D eigenvalue weighted by Gasteiger charge is -2.12. The van der Waals surface area contributed by atoms with Crippen molar-refractivity contribution in [2.45, 2.75) is 46.5 Å². The molecule has 0 aliphatic heterocycles. The van der Waals surface area contributed by atoms with Gasteiger partial charge in [-0.3, -0.25) is 4.79 Å². The van der Waals surface area contributed by atoms with Crippen LogP contribution in [0.3, 0.4) is 0 Å². The molecule has 0 aliphatic rings. The summed E-state index contributed by atoms with van der Waals surface area (Å²) in [4.78, 5) is 9.75. The average Bonchev–Trinajstić information content (AvgIpc) is 2.30. The van der Waals surface area contributed by atoms with E-state index in [1.54, 1.807) is 0 Å². The van der Waals surface area contributed by atoms with Crippen LogP contribution in [0.1, 0.15) is 46.5 Å². The summed E-state index contributed by atoms with van der Waals surface area (Å²) in [6.45, 7) is 13.3. The molecule has 0 aliphatic carbocycles. The maximum Gasteiger partial charge on any atom is 0.307 e. The minimum absolute atomic E-state index is 0.329. The molecule has 0 fully saturated rings. The van der Waals surface area contributed by atoms with E-state index in [-0.39, 0.29) is 5.97 Å². The van der Waals surface area contributed by atoms with Gasteiger partial charge < -0.3 is 9.47 Å². The molecule has 0 saturated carbocycles. The molecule has 3 nitrogen and oxygen atoms in total. The van der Waals surface area contributed by atoms with Gasteiger partial charge in [0.1, 0.15) is 0 Å². The number of hydrogen-bond donors (Lipinski definition) is 0. The second kappa shape index (κ2) is 14.8. The Morgan fingerprint density at radius 1 is 1.29 bits per heavy atom. The second-order valence-corrected chi connectivity index (χ2v) is 3.69. The molecule has 0 radical (unpaired) electrons. The Morgan fingerprint density at radius 3 is 2.24 bits per heavy atom. The molecule has 0 aromatic carbocycles. The van der Waals surface area contributed by atoms with E-state index < -0.39 is 0 Å².